The Bertz CT molecular complexity index is 1220. The number of rotatable bonds is 3. The van der Waals surface area contributed by atoms with Crippen LogP contribution in [-0.2, 0) is 11.3 Å². The number of thioether (sulfide) groups is 1. The molecule has 9 nitrogen and oxygen atoms in total. The summed E-state index contributed by atoms with van der Waals surface area (Å²) < 4.78 is 15.7. The van der Waals surface area contributed by atoms with Crippen LogP contribution >= 0.6 is 11.8 Å². The van der Waals surface area contributed by atoms with E-state index in [9.17, 15) is 4.79 Å². The summed E-state index contributed by atoms with van der Waals surface area (Å²) in [6, 6.07) is 6.60. The Morgan fingerprint density at radius 3 is 2.77 bits per heavy atom. The van der Waals surface area contributed by atoms with Gasteiger partial charge in [-0.05, 0) is 58.7 Å². The van der Waals surface area contributed by atoms with Gasteiger partial charge in [0.25, 0.3) is 0 Å². The number of imidazole rings is 1. The van der Waals surface area contributed by atoms with Crippen LogP contribution in [0, 0.1) is 0 Å². The molecule has 10 heteroatoms. The Balaban J connectivity index is 1.35. The number of ether oxygens (including phenoxy) is 2. The van der Waals surface area contributed by atoms with Crippen LogP contribution in [0.2, 0.25) is 0 Å². The standard InChI is InChI=1S/C25H32N6O3S/c1-16(2)31-23(26-14-27-31)19-13-29-10-11-33-20-12-17(6-7-18(20)22(29)28-19)21-8-9-30(15-35-21)24(32)34-25(3,4)5/h6-7,12-14,16,21H,8-11,15H2,1-5H3. The van der Waals surface area contributed by atoms with E-state index in [1.165, 1.54) is 5.56 Å². The van der Waals surface area contributed by atoms with Crippen LogP contribution in [0.1, 0.15) is 57.9 Å². The summed E-state index contributed by atoms with van der Waals surface area (Å²) in [5.41, 5.74) is 2.51. The maximum absolute atomic E-state index is 12.4. The number of amides is 1. The van der Waals surface area contributed by atoms with Crippen molar-refractivity contribution in [1.82, 2.24) is 29.2 Å². The van der Waals surface area contributed by atoms with Crippen molar-refractivity contribution in [3.8, 4) is 28.7 Å². The van der Waals surface area contributed by atoms with Crippen LogP contribution in [-0.4, -0.2) is 59.9 Å². The molecular weight excluding hydrogens is 464 g/mol. The van der Waals surface area contributed by atoms with Gasteiger partial charge in [-0.1, -0.05) is 6.07 Å². The van der Waals surface area contributed by atoms with Gasteiger partial charge in [0.1, 0.15) is 35.8 Å². The molecule has 35 heavy (non-hydrogen) atoms. The molecule has 1 fully saturated rings. The Hall–Kier alpha value is -3.01. The van der Waals surface area contributed by atoms with E-state index in [-0.39, 0.29) is 12.1 Å². The monoisotopic (exact) mass is 496 g/mol. The van der Waals surface area contributed by atoms with Gasteiger partial charge in [0, 0.05) is 24.0 Å². The van der Waals surface area contributed by atoms with Gasteiger partial charge >= 0.3 is 6.09 Å². The lowest BCUT2D eigenvalue weighted by Crippen LogP contribution is -2.39. The third-order valence-electron chi connectivity index (χ3n) is 6.02. The Morgan fingerprint density at radius 1 is 1.23 bits per heavy atom. The highest BCUT2D eigenvalue weighted by atomic mass is 32.2. The number of nitrogens with zero attached hydrogens (tertiary/aromatic N) is 6. The number of hydrogen-bond donors (Lipinski definition) is 0. The van der Waals surface area contributed by atoms with Gasteiger partial charge in [-0.15, -0.1) is 11.8 Å². The highest BCUT2D eigenvalue weighted by Crippen LogP contribution is 2.41. The summed E-state index contributed by atoms with van der Waals surface area (Å²) in [4.78, 5) is 23.6. The van der Waals surface area contributed by atoms with Crippen molar-refractivity contribution < 1.29 is 14.3 Å². The third kappa shape index (κ3) is 4.89. The van der Waals surface area contributed by atoms with Gasteiger partial charge in [0.15, 0.2) is 5.82 Å². The van der Waals surface area contributed by atoms with Crippen LogP contribution in [0.15, 0.2) is 30.7 Å². The summed E-state index contributed by atoms with van der Waals surface area (Å²) in [6.07, 6.45) is 4.23. The predicted molar refractivity (Wildman–Crippen MR) is 135 cm³/mol. The first kappa shape index (κ1) is 23.7. The lowest BCUT2D eigenvalue weighted by molar-refractivity contribution is 0.0278. The molecule has 1 aromatic carbocycles. The molecule has 0 saturated carbocycles. The van der Waals surface area contributed by atoms with Crippen molar-refractivity contribution in [2.75, 3.05) is 19.0 Å². The zero-order valence-corrected chi connectivity index (χ0v) is 21.7. The molecule has 2 aliphatic rings. The molecule has 0 radical (unpaired) electrons. The van der Waals surface area contributed by atoms with E-state index >= 15 is 0 Å². The maximum atomic E-state index is 12.4. The van der Waals surface area contributed by atoms with Crippen LogP contribution in [0.25, 0.3) is 22.9 Å². The molecule has 1 saturated heterocycles. The molecule has 3 aromatic rings. The molecule has 0 aliphatic carbocycles. The molecule has 186 valence electrons. The summed E-state index contributed by atoms with van der Waals surface area (Å²) in [6.45, 7) is 11.8. The largest absolute Gasteiger partial charge is 0.491 e. The average Bonchev–Trinajstić information content (AvgIpc) is 3.42. The van der Waals surface area contributed by atoms with Crippen LogP contribution in [0.3, 0.4) is 0 Å². The van der Waals surface area contributed by atoms with E-state index in [2.05, 4.69) is 46.7 Å². The second-order valence-corrected chi connectivity index (χ2v) is 11.3. The van der Waals surface area contributed by atoms with Crippen molar-refractivity contribution in [3.05, 3.63) is 36.3 Å². The predicted octanol–water partition coefficient (Wildman–Crippen LogP) is 5.15. The van der Waals surface area contributed by atoms with E-state index in [1.54, 1.807) is 23.0 Å². The first-order valence-corrected chi connectivity index (χ1v) is 13.1. The molecule has 5 rings (SSSR count). The first-order chi connectivity index (χ1) is 16.7. The van der Waals surface area contributed by atoms with Crippen molar-refractivity contribution in [3.63, 3.8) is 0 Å². The van der Waals surface area contributed by atoms with Gasteiger partial charge in [0.2, 0.25) is 0 Å². The lowest BCUT2D eigenvalue weighted by Gasteiger charge is -2.33. The fraction of sp³-hybridized carbons (Fsp3) is 0.520. The Labute approximate surface area is 209 Å². The van der Waals surface area contributed by atoms with Gasteiger partial charge in [-0.2, -0.15) is 5.10 Å². The van der Waals surface area contributed by atoms with E-state index in [1.807, 2.05) is 31.6 Å². The van der Waals surface area contributed by atoms with Gasteiger partial charge in [-0.25, -0.2) is 19.4 Å². The molecule has 2 aliphatic heterocycles. The minimum Gasteiger partial charge on any atom is -0.491 e. The van der Waals surface area contributed by atoms with Crippen molar-refractivity contribution in [2.45, 2.75) is 64.5 Å². The van der Waals surface area contributed by atoms with Crippen LogP contribution in [0.5, 0.6) is 5.75 Å². The topological polar surface area (TPSA) is 87.3 Å². The minimum absolute atomic E-state index is 0.200. The Kier molecular flexibility index (Phi) is 6.25. The van der Waals surface area contributed by atoms with Crippen molar-refractivity contribution >= 4 is 17.9 Å². The fourth-order valence-corrected chi connectivity index (χ4v) is 5.56. The Morgan fingerprint density at radius 2 is 2.06 bits per heavy atom. The van der Waals surface area contributed by atoms with Gasteiger partial charge in [0.05, 0.1) is 18.0 Å². The second kappa shape index (κ2) is 9.22. The number of carbonyl (C=O) groups is 1. The number of carbonyl (C=O) groups excluding carboxylic acids is 1. The van der Waals surface area contributed by atoms with Gasteiger partial charge in [-0.3, -0.25) is 4.90 Å². The number of benzene rings is 1. The minimum atomic E-state index is -0.483. The van der Waals surface area contributed by atoms with Crippen LogP contribution in [0.4, 0.5) is 4.79 Å². The lowest BCUT2D eigenvalue weighted by atomic mass is 10.0. The summed E-state index contributed by atoms with van der Waals surface area (Å²) >= 11 is 1.76. The number of fused-ring (bicyclic) bond motifs is 3. The molecule has 4 heterocycles. The molecule has 1 unspecified atom stereocenters. The summed E-state index contributed by atoms with van der Waals surface area (Å²) in [5.74, 6) is 3.11. The number of aromatic nitrogens is 5. The molecule has 0 bridgehead atoms. The summed E-state index contributed by atoms with van der Waals surface area (Å²) in [5, 5.41) is 4.65. The zero-order chi connectivity index (χ0) is 24.7. The average molecular weight is 497 g/mol. The van der Waals surface area contributed by atoms with Crippen LogP contribution < -0.4 is 4.74 Å². The third-order valence-corrected chi connectivity index (χ3v) is 7.39. The van der Waals surface area contributed by atoms with E-state index in [4.69, 9.17) is 14.5 Å². The maximum Gasteiger partial charge on any atom is 0.410 e. The normalized spacial score (nSPS) is 18.0. The van der Waals surface area contributed by atoms with E-state index in [0.29, 0.717) is 30.8 Å². The van der Waals surface area contributed by atoms with E-state index < -0.39 is 5.60 Å². The molecule has 1 atom stereocenters. The quantitative estimate of drug-likeness (QED) is 0.495. The molecule has 0 N–H and O–H groups in total. The second-order valence-electron chi connectivity index (χ2n) is 10.2. The molecule has 1 amide bonds. The van der Waals surface area contributed by atoms with Gasteiger partial charge < -0.3 is 14.0 Å². The molecular formula is C25H32N6O3S. The zero-order valence-electron chi connectivity index (χ0n) is 20.9. The summed E-state index contributed by atoms with van der Waals surface area (Å²) in [7, 11) is 0. The first-order valence-electron chi connectivity index (χ1n) is 12.0. The highest BCUT2D eigenvalue weighted by Gasteiger charge is 2.29. The fourth-order valence-electron chi connectivity index (χ4n) is 4.35. The highest BCUT2D eigenvalue weighted by molar-refractivity contribution is 7.99. The van der Waals surface area contributed by atoms with Crippen molar-refractivity contribution in [2.24, 2.45) is 0 Å². The molecule has 2 aromatic heterocycles. The molecule has 0 spiro atoms. The van der Waals surface area contributed by atoms with Crippen molar-refractivity contribution in [1.29, 1.82) is 0 Å². The van der Waals surface area contributed by atoms with E-state index in [0.717, 1.165) is 35.1 Å². The SMILES string of the molecule is CC(C)n1ncnc1-c1cn2c(n1)-c1ccc(C3CCN(C(=O)OC(C)(C)C)CS3)cc1OCC2. The number of hydrogen-bond acceptors (Lipinski definition) is 7. The smallest absolute Gasteiger partial charge is 0.410 e.